The highest BCUT2D eigenvalue weighted by Gasteiger charge is 2.23. The molecule has 1 aliphatic heterocycles. The summed E-state index contributed by atoms with van der Waals surface area (Å²) in [5.41, 5.74) is 0.446. The Morgan fingerprint density at radius 3 is 2.20 bits per heavy atom. The van der Waals surface area contributed by atoms with Crippen molar-refractivity contribution in [1.82, 2.24) is 4.90 Å². The normalized spacial score (nSPS) is 23.0. The second kappa shape index (κ2) is 5.31. The number of likely N-dealkylation sites (tertiary alicyclic amines) is 1. The van der Waals surface area contributed by atoms with Gasteiger partial charge >= 0.3 is 0 Å². The molecule has 1 N–H and O–H groups in total. The lowest BCUT2D eigenvalue weighted by atomic mass is 9.89. The molecule has 1 atom stereocenters. The Balaban J connectivity index is 2.20. The van der Waals surface area contributed by atoms with E-state index in [-0.39, 0.29) is 6.10 Å². The third kappa shape index (κ3) is 4.98. The number of rotatable bonds is 3. The molecule has 2 nitrogen and oxygen atoms in total. The molecule has 0 amide bonds. The molecule has 90 valence electrons. The number of aliphatic hydroxyl groups excluding tert-OH is 1. The molecule has 0 radical (unpaired) electrons. The SMILES string of the molecule is CC(O)C1CCN(CCC(C)(C)C)CC1. The third-order valence-electron chi connectivity index (χ3n) is 3.49. The van der Waals surface area contributed by atoms with E-state index >= 15 is 0 Å². The van der Waals surface area contributed by atoms with Crippen molar-refractivity contribution < 1.29 is 5.11 Å². The highest BCUT2D eigenvalue weighted by molar-refractivity contribution is 4.76. The molecule has 1 heterocycles. The van der Waals surface area contributed by atoms with Gasteiger partial charge in [-0.2, -0.15) is 0 Å². The zero-order valence-electron chi connectivity index (χ0n) is 10.8. The van der Waals surface area contributed by atoms with E-state index in [0.29, 0.717) is 11.3 Å². The molecular weight excluding hydrogens is 186 g/mol. The van der Waals surface area contributed by atoms with Gasteiger partial charge < -0.3 is 10.0 Å². The number of aliphatic hydroxyl groups is 1. The van der Waals surface area contributed by atoms with Crippen molar-refractivity contribution in [1.29, 1.82) is 0 Å². The zero-order chi connectivity index (χ0) is 11.5. The second-order valence-electron chi connectivity index (χ2n) is 6.23. The largest absolute Gasteiger partial charge is 0.393 e. The smallest absolute Gasteiger partial charge is 0.0541 e. The topological polar surface area (TPSA) is 23.5 Å². The molecule has 1 aliphatic rings. The Morgan fingerprint density at radius 2 is 1.80 bits per heavy atom. The minimum absolute atomic E-state index is 0.116. The van der Waals surface area contributed by atoms with Gasteiger partial charge in [-0.3, -0.25) is 0 Å². The van der Waals surface area contributed by atoms with E-state index in [1.807, 2.05) is 6.92 Å². The quantitative estimate of drug-likeness (QED) is 0.778. The number of nitrogens with zero attached hydrogens (tertiary/aromatic N) is 1. The first-order chi connectivity index (χ1) is 6.88. The number of hydrogen-bond acceptors (Lipinski definition) is 2. The molecule has 1 unspecified atom stereocenters. The highest BCUT2D eigenvalue weighted by Crippen LogP contribution is 2.23. The fourth-order valence-electron chi connectivity index (χ4n) is 2.15. The van der Waals surface area contributed by atoms with Gasteiger partial charge in [-0.15, -0.1) is 0 Å². The van der Waals surface area contributed by atoms with E-state index in [4.69, 9.17) is 0 Å². The molecule has 1 fully saturated rings. The summed E-state index contributed by atoms with van der Waals surface area (Å²) in [6.45, 7) is 12.4. The maximum atomic E-state index is 9.50. The highest BCUT2D eigenvalue weighted by atomic mass is 16.3. The standard InChI is InChI=1S/C13H27NO/c1-11(15)12-5-8-14(9-6-12)10-7-13(2,3)4/h11-12,15H,5-10H2,1-4H3. The Kier molecular flexibility index (Phi) is 4.60. The summed E-state index contributed by atoms with van der Waals surface area (Å²) in [7, 11) is 0. The van der Waals surface area contributed by atoms with Crippen molar-refractivity contribution in [3.05, 3.63) is 0 Å². The molecule has 15 heavy (non-hydrogen) atoms. The Hall–Kier alpha value is -0.0800. The van der Waals surface area contributed by atoms with Crippen molar-refractivity contribution in [2.75, 3.05) is 19.6 Å². The molecule has 0 aromatic rings. The van der Waals surface area contributed by atoms with Gasteiger partial charge in [-0.25, -0.2) is 0 Å². The Bertz CT molecular complexity index is 175. The fourth-order valence-corrected chi connectivity index (χ4v) is 2.15. The van der Waals surface area contributed by atoms with Crippen LogP contribution in [-0.2, 0) is 0 Å². The molecule has 0 spiro atoms. The van der Waals surface area contributed by atoms with E-state index in [9.17, 15) is 5.11 Å². The lowest BCUT2D eigenvalue weighted by Crippen LogP contribution is -2.38. The summed E-state index contributed by atoms with van der Waals surface area (Å²) in [6.07, 6.45) is 3.49. The summed E-state index contributed by atoms with van der Waals surface area (Å²) in [6, 6.07) is 0. The van der Waals surface area contributed by atoms with E-state index in [1.165, 1.54) is 38.9 Å². The maximum absolute atomic E-state index is 9.50. The second-order valence-corrected chi connectivity index (χ2v) is 6.23. The van der Waals surface area contributed by atoms with Crippen molar-refractivity contribution >= 4 is 0 Å². The van der Waals surface area contributed by atoms with Crippen LogP contribution in [0.4, 0.5) is 0 Å². The molecule has 0 aromatic carbocycles. The van der Waals surface area contributed by atoms with E-state index in [1.54, 1.807) is 0 Å². The first kappa shape index (κ1) is 13.0. The summed E-state index contributed by atoms with van der Waals surface area (Å²) in [5.74, 6) is 0.538. The lowest BCUT2D eigenvalue weighted by molar-refractivity contribution is 0.0682. The summed E-state index contributed by atoms with van der Waals surface area (Å²) in [4.78, 5) is 2.55. The molecular formula is C13H27NO. The lowest BCUT2D eigenvalue weighted by Gasteiger charge is -2.34. The summed E-state index contributed by atoms with van der Waals surface area (Å²) < 4.78 is 0. The molecule has 2 heteroatoms. The van der Waals surface area contributed by atoms with Crippen molar-refractivity contribution in [3.63, 3.8) is 0 Å². The molecule has 0 bridgehead atoms. The molecule has 1 saturated heterocycles. The average Bonchev–Trinajstić information content (AvgIpc) is 2.14. The van der Waals surface area contributed by atoms with E-state index in [0.717, 1.165) is 0 Å². The minimum Gasteiger partial charge on any atom is -0.393 e. The van der Waals surface area contributed by atoms with Crippen LogP contribution in [0.2, 0.25) is 0 Å². The Labute approximate surface area is 94.7 Å². The zero-order valence-corrected chi connectivity index (χ0v) is 10.8. The summed E-state index contributed by atoms with van der Waals surface area (Å²) >= 11 is 0. The first-order valence-electron chi connectivity index (χ1n) is 6.29. The van der Waals surface area contributed by atoms with Crippen LogP contribution < -0.4 is 0 Å². The van der Waals surface area contributed by atoms with Gasteiger partial charge in [0.05, 0.1) is 6.10 Å². The van der Waals surface area contributed by atoms with Crippen LogP contribution >= 0.6 is 0 Å². The van der Waals surface area contributed by atoms with Crippen LogP contribution in [0, 0.1) is 11.3 Å². The predicted molar refractivity (Wildman–Crippen MR) is 64.9 cm³/mol. The van der Waals surface area contributed by atoms with E-state index < -0.39 is 0 Å². The van der Waals surface area contributed by atoms with Gasteiger partial charge in [-0.1, -0.05) is 20.8 Å². The third-order valence-corrected chi connectivity index (χ3v) is 3.49. The van der Waals surface area contributed by atoms with Crippen LogP contribution in [0.5, 0.6) is 0 Å². The molecule has 0 aromatic heterocycles. The average molecular weight is 213 g/mol. The van der Waals surface area contributed by atoms with Crippen LogP contribution in [0.1, 0.15) is 47.0 Å². The van der Waals surface area contributed by atoms with Gasteiger partial charge in [0.2, 0.25) is 0 Å². The van der Waals surface area contributed by atoms with Crippen molar-refractivity contribution in [2.45, 2.75) is 53.1 Å². The van der Waals surface area contributed by atoms with Gasteiger partial charge in [0.1, 0.15) is 0 Å². The van der Waals surface area contributed by atoms with Gasteiger partial charge in [-0.05, 0) is 57.2 Å². The molecule has 0 saturated carbocycles. The maximum Gasteiger partial charge on any atom is 0.0541 e. The van der Waals surface area contributed by atoms with Crippen LogP contribution in [0.15, 0.2) is 0 Å². The predicted octanol–water partition coefficient (Wildman–Crippen LogP) is 2.52. The van der Waals surface area contributed by atoms with Crippen LogP contribution in [-0.4, -0.2) is 35.7 Å². The van der Waals surface area contributed by atoms with Crippen LogP contribution in [0.25, 0.3) is 0 Å². The fraction of sp³-hybridized carbons (Fsp3) is 1.00. The van der Waals surface area contributed by atoms with E-state index in [2.05, 4.69) is 25.7 Å². The van der Waals surface area contributed by atoms with Crippen molar-refractivity contribution in [3.8, 4) is 0 Å². The van der Waals surface area contributed by atoms with Gasteiger partial charge in [0.15, 0.2) is 0 Å². The number of piperidine rings is 1. The van der Waals surface area contributed by atoms with Gasteiger partial charge in [0, 0.05) is 0 Å². The number of hydrogen-bond donors (Lipinski definition) is 1. The van der Waals surface area contributed by atoms with Crippen LogP contribution in [0.3, 0.4) is 0 Å². The monoisotopic (exact) mass is 213 g/mol. The minimum atomic E-state index is -0.116. The summed E-state index contributed by atoms with van der Waals surface area (Å²) in [5, 5.41) is 9.50. The van der Waals surface area contributed by atoms with Gasteiger partial charge in [0.25, 0.3) is 0 Å². The Morgan fingerprint density at radius 1 is 1.27 bits per heavy atom. The molecule has 0 aliphatic carbocycles. The molecule has 1 rings (SSSR count). The van der Waals surface area contributed by atoms with Crippen molar-refractivity contribution in [2.24, 2.45) is 11.3 Å². The first-order valence-corrected chi connectivity index (χ1v) is 6.29.